The van der Waals surface area contributed by atoms with Crippen LogP contribution in [0.25, 0.3) is 0 Å². The van der Waals surface area contributed by atoms with Crippen LogP contribution in [-0.4, -0.2) is 36.3 Å². The summed E-state index contributed by atoms with van der Waals surface area (Å²) in [4.78, 5) is 26.6. The van der Waals surface area contributed by atoms with Gasteiger partial charge in [0.05, 0.1) is 0 Å². The van der Waals surface area contributed by atoms with Gasteiger partial charge in [-0.25, -0.2) is 0 Å². The van der Waals surface area contributed by atoms with Crippen molar-refractivity contribution in [3.05, 3.63) is 0 Å². The quantitative estimate of drug-likeness (QED) is 0.865. The molecule has 0 radical (unpaired) electrons. The van der Waals surface area contributed by atoms with E-state index in [0.29, 0.717) is 13.0 Å². The highest BCUT2D eigenvalue weighted by atomic mass is 16.2. The minimum atomic E-state index is 0.170. The fourth-order valence-electron chi connectivity index (χ4n) is 4.79. The van der Waals surface area contributed by atoms with Crippen molar-refractivity contribution in [2.75, 3.05) is 19.6 Å². The van der Waals surface area contributed by atoms with Crippen LogP contribution in [0.3, 0.4) is 0 Å². The lowest BCUT2D eigenvalue weighted by molar-refractivity contribution is -0.134. The molecule has 4 heteroatoms. The van der Waals surface area contributed by atoms with Gasteiger partial charge in [0, 0.05) is 32.0 Å². The molecule has 3 rings (SSSR count). The summed E-state index contributed by atoms with van der Waals surface area (Å²) in [5, 5.41) is 2.99. The molecule has 2 amide bonds. The van der Waals surface area contributed by atoms with Crippen molar-refractivity contribution in [2.45, 2.75) is 70.6 Å². The van der Waals surface area contributed by atoms with E-state index >= 15 is 0 Å². The van der Waals surface area contributed by atoms with Gasteiger partial charge in [0.15, 0.2) is 0 Å². The lowest BCUT2D eigenvalue weighted by Crippen LogP contribution is -2.45. The fraction of sp³-hybridized carbons (Fsp3) is 0.895. The van der Waals surface area contributed by atoms with E-state index < -0.39 is 0 Å². The van der Waals surface area contributed by atoms with E-state index in [1.807, 2.05) is 0 Å². The first-order valence-corrected chi connectivity index (χ1v) is 9.79. The zero-order valence-electron chi connectivity index (χ0n) is 14.4. The van der Waals surface area contributed by atoms with E-state index in [-0.39, 0.29) is 17.7 Å². The Morgan fingerprint density at radius 1 is 0.870 bits per heavy atom. The number of nitrogens with one attached hydrogen (secondary N) is 1. The predicted octanol–water partition coefficient (Wildman–Crippen LogP) is 3.11. The number of likely N-dealkylation sites (tertiary alicyclic amines) is 1. The average Bonchev–Trinajstić information content (AvgIpc) is 2.61. The highest BCUT2D eigenvalue weighted by molar-refractivity contribution is 5.80. The molecule has 2 saturated carbocycles. The number of carbonyl (C=O) groups excluding carboxylic acids is 2. The Labute approximate surface area is 140 Å². The van der Waals surface area contributed by atoms with Gasteiger partial charge in [-0.1, -0.05) is 38.5 Å². The maximum atomic E-state index is 12.4. The van der Waals surface area contributed by atoms with Gasteiger partial charge in [0.2, 0.25) is 11.8 Å². The summed E-state index contributed by atoms with van der Waals surface area (Å²) < 4.78 is 0. The van der Waals surface area contributed by atoms with E-state index in [9.17, 15) is 9.59 Å². The van der Waals surface area contributed by atoms with Crippen molar-refractivity contribution in [1.29, 1.82) is 0 Å². The highest BCUT2D eigenvalue weighted by Crippen LogP contribution is 2.36. The number of fused-ring (bicyclic) bond motifs is 1. The van der Waals surface area contributed by atoms with Crippen LogP contribution >= 0.6 is 0 Å². The smallest absolute Gasteiger partial charge is 0.224 e. The van der Waals surface area contributed by atoms with Crippen LogP contribution in [-0.2, 0) is 9.59 Å². The Balaban J connectivity index is 1.36. The molecule has 1 N–H and O–H groups in total. The largest absolute Gasteiger partial charge is 0.355 e. The van der Waals surface area contributed by atoms with Gasteiger partial charge in [-0.05, 0) is 37.5 Å². The molecule has 1 saturated heterocycles. The number of nitrogens with zero attached hydrogens (tertiary/aromatic N) is 1. The van der Waals surface area contributed by atoms with Crippen LogP contribution < -0.4 is 5.32 Å². The third-order valence-corrected chi connectivity index (χ3v) is 6.26. The minimum Gasteiger partial charge on any atom is -0.355 e. The first kappa shape index (κ1) is 16.8. The van der Waals surface area contributed by atoms with E-state index in [1.54, 1.807) is 0 Å². The van der Waals surface area contributed by atoms with Crippen LogP contribution in [0, 0.1) is 17.8 Å². The summed E-state index contributed by atoms with van der Waals surface area (Å²) in [5.74, 6) is 2.19. The van der Waals surface area contributed by atoms with E-state index in [1.165, 1.54) is 51.4 Å². The van der Waals surface area contributed by atoms with Crippen LogP contribution in [0.5, 0.6) is 0 Å². The summed E-state index contributed by atoms with van der Waals surface area (Å²) >= 11 is 0. The third kappa shape index (κ3) is 4.48. The van der Waals surface area contributed by atoms with Gasteiger partial charge in [-0.3, -0.25) is 9.59 Å². The minimum absolute atomic E-state index is 0.170. The number of rotatable bonds is 4. The van der Waals surface area contributed by atoms with Crippen molar-refractivity contribution < 1.29 is 9.59 Å². The molecule has 0 aromatic heterocycles. The Morgan fingerprint density at radius 3 is 2.35 bits per heavy atom. The molecule has 0 spiro atoms. The summed E-state index contributed by atoms with van der Waals surface area (Å²) in [6, 6.07) is 0. The standard InChI is InChI=1S/C19H32N2O2/c22-18(10-12-20-19(23)16-7-2-1-3-8-16)21-13-11-15-6-4-5-9-17(15)14-21/h15-17H,1-14H2,(H,20,23). The summed E-state index contributed by atoms with van der Waals surface area (Å²) in [6.45, 7) is 2.40. The normalized spacial score (nSPS) is 29.0. The highest BCUT2D eigenvalue weighted by Gasteiger charge is 2.32. The molecule has 4 nitrogen and oxygen atoms in total. The molecule has 2 atom stereocenters. The van der Waals surface area contributed by atoms with E-state index in [4.69, 9.17) is 0 Å². The Hall–Kier alpha value is -1.06. The molecule has 23 heavy (non-hydrogen) atoms. The van der Waals surface area contributed by atoms with E-state index in [0.717, 1.165) is 37.8 Å². The number of carbonyl (C=O) groups is 2. The first-order chi connectivity index (χ1) is 11.2. The SMILES string of the molecule is O=C(NCCC(=O)N1CCC2CCCCC2C1)C1CCCCC1. The van der Waals surface area contributed by atoms with Crippen LogP contribution in [0.1, 0.15) is 70.6 Å². The molecular formula is C19H32N2O2. The van der Waals surface area contributed by atoms with Crippen molar-refractivity contribution >= 4 is 11.8 Å². The van der Waals surface area contributed by atoms with Crippen LogP contribution in [0.2, 0.25) is 0 Å². The maximum absolute atomic E-state index is 12.4. The second kappa shape index (κ2) is 8.16. The lowest BCUT2D eigenvalue weighted by atomic mass is 9.75. The number of hydrogen-bond acceptors (Lipinski definition) is 2. The zero-order chi connectivity index (χ0) is 16.1. The molecular weight excluding hydrogens is 288 g/mol. The molecule has 2 aliphatic carbocycles. The van der Waals surface area contributed by atoms with Gasteiger partial charge in [0.25, 0.3) is 0 Å². The molecule has 2 unspecified atom stereocenters. The Kier molecular flexibility index (Phi) is 5.96. The van der Waals surface area contributed by atoms with Crippen molar-refractivity contribution in [3.8, 4) is 0 Å². The van der Waals surface area contributed by atoms with Crippen LogP contribution in [0.15, 0.2) is 0 Å². The molecule has 1 aliphatic heterocycles. The molecule has 0 bridgehead atoms. The molecule has 0 aromatic carbocycles. The third-order valence-electron chi connectivity index (χ3n) is 6.26. The van der Waals surface area contributed by atoms with Gasteiger partial charge < -0.3 is 10.2 Å². The van der Waals surface area contributed by atoms with Gasteiger partial charge in [-0.15, -0.1) is 0 Å². The topological polar surface area (TPSA) is 49.4 Å². The van der Waals surface area contributed by atoms with Crippen molar-refractivity contribution in [1.82, 2.24) is 10.2 Å². The Bertz CT molecular complexity index is 418. The first-order valence-electron chi connectivity index (χ1n) is 9.79. The number of amides is 2. The summed E-state index contributed by atoms with van der Waals surface area (Å²) in [5.41, 5.74) is 0. The molecule has 1 heterocycles. The maximum Gasteiger partial charge on any atom is 0.224 e. The average molecular weight is 320 g/mol. The van der Waals surface area contributed by atoms with E-state index in [2.05, 4.69) is 10.2 Å². The second-order valence-corrected chi connectivity index (χ2v) is 7.81. The van der Waals surface area contributed by atoms with Gasteiger partial charge in [0.1, 0.15) is 0 Å². The number of piperidine rings is 1. The predicted molar refractivity (Wildman–Crippen MR) is 90.8 cm³/mol. The monoisotopic (exact) mass is 320 g/mol. The van der Waals surface area contributed by atoms with Crippen molar-refractivity contribution in [3.63, 3.8) is 0 Å². The van der Waals surface area contributed by atoms with Crippen LogP contribution in [0.4, 0.5) is 0 Å². The van der Waals surface area contributed by atoms with Crippen molar-refractivity contribution in [2.24, 2.45) is 17.8 Å². The summed E-state index contributed by atoms with van der Waals surface area (Å²) in [7, 11) is 0. The van der Waals surface area contributed by atoms with Gasteiger partial charge in [-0.2, -0.15) is 0 Å². The summed E-state index contributed by atoms with van der Waals surface area (Å²) in [6.07, 6.45) is 12.7. The number of hydrogen-bond donors (Lipinski definition) is 1. The molecule has 3 aliphatic rings. The molecule has 130 valence electrons. The molecule has 3 fully saturated rings. The molecule has 0 aromatic rings. The lowest BCUT2D eigenvalue weighted by Gasteiger charge is -2.41. The van der Waals surface area contributed by atoms with Gasteiger partial charge >= 0.3 is 0 Å². The zero-order valence-corrected chi connectivity index (χ0v) is 14.4. The Morgan fingerprint density at radius 2 is 1.57 bits per heavy atom. The fourth-order valence-corrected chi connectivity index (χ4v) is 4.79. The second-order valence-electron chi connectivity index (χ2n) is 7.81.